The molecular formula is C26H31ClN4O2. The molecule has 0 bridgehead atoms. The summed E-state index contributed by atoms with van der Waals surface area (Å²) >= 11 is 6.20. The van der Waals surface area contributed by atoms with Crippen molar-refractivity contribution in [2.75, 3.05) is 20.6 Å². The van der Waals surface area contributed by atoms with Crippen molar-refractivity contribution in [3.63, 3.8) is 0 Å². The van der Waals surface area contributed by atoms with Gasteiger partial charge in [0.2, 0.25) is 5.91 Å². The van der Waals surface area contributed by atoms with Crippen LogP contribution in [0.15, 0.2) is 47.3 Å². The summed E-state index contributed by atoms with van der Waals surface area (Å²) in [4.78, 5) is 33.2. The minimum atomic E-state index is -0.224. The van der Waals surface area contributed by atoms with E-state index in [9.17, 15) is 9.59 Å². The van der Waals surface area contributed by atoms with Crippen molar-refractivity contribution in [1.29, 1.82) is 0 Å². The van der Waals surface area contributed by atoms with Crippen molar-refractivity contribution in [3.8, 4) is 11.4 Å². The van der Waals surface area contributed by atoms with E-state index in [1.807, 2.05) is 38.1 Å². The van der Waals surface area contributed by atoms with Gasteiger partial charge in [-0.15, -0.1) is 0 Å². The second kappa shape index (κ2) is 9.65. The van der Waals surface area contributed by atoms with Gasteiger partial charge in [-0.25, -0.2) is 4.98 Å². The van der Waals surface area contributed by atoms with E-state index in [1.165, 1.54) is 10.1 Å². The number of aromatic nitrogens is 2. The van der Waals surface area contributed by atoms with Gasteiger partial charge in [-0.05, 0) is 82.4 Å². The third-order valence-corrected chi connectivity index (χ3v) is 6.38. The van der Waals surface area contributed by atoms with Crippen molar-refractivity contribution in [2.45, 2.75) is 45.2 Å². The molecule has 0 atom stereocenters. The molecule has 0 unspecified atom stereocenters. The minimum Gasteiger partial charge on any atom is -0.352 e. The SMILES string of the molecule is CC(C)NC(=O)Cn1c(-c2cccc(Cl)c2)nc2ccc(C3CC(CN(C)C)C3)cc2c1=O. The maximum Gasteiger partial charge on any atom is 0.262 e. The van der Waals surface area contributed by atoms with E-state index in [0.29, 0.717) is 39.1 Å². The Bertz CT molecular complexity index is 1230. The van der Waals surface area contributed by atoms with Crippen LogP contribution < -0.4 is 10.9 Å². The number of nitrogens with one attached hydrogen (secondary N) is 1. The first-order chi connectivity index (χ1) is 15.7. The van der Waals surface area contributed by atoms with Gasteiger partial charge in [0.15, 0.2) is 0 Å². The summed E-state index contributed by atoms with van der Waals surface area (Å²) < 4.78 is 1.46. The van der Waals surface area contributed by atoms with Gasteiger partial charge >= 0.3 is 0 Å². The quantitative estimate of drug-likeness (QED) is 0.563. The smallest absolute Gasteiger partial charge is 0.262 e. The molecule has 1 heterocycles. The summed E-state index contributed by atoms with van der Waals surface area (Å²) in [6.07, 6.45) is 2.26. The van der Waals surface area contributed by atoms with Crippen LogP contribution in [0.1, 0.15) is 38.2 Å². The molecule has 1 fully saturated rings. The fourth-order valence-corrected chi connectivity index (χ4v) is 4.86. The van der Waals surface area contributed by atoms with Crippen LogP contribution in [0.5, 0.6) is 0 Å². The standard InChI is InChI=1S/C26H31ClN4O2/c1-16(2)28-24(32)15-31-25(19-6-5-7-21(27)12-19)29-23-9-8-18(13-22(23)26(31)33)20-10-17(11-20)14-30(3)4/h5-9,12-13,16-17,20H,10-11,14-15H2,1-4H3,(H,28,32). The summed E-state index contributed by atoms with van der Waals surface area (Å²) in [5, 5.41) is 3.96. The lowest BCUT2D eigenvalue weighted by Gasteiger charge is -2.37. The van der Waals surface area contributed by atoms with Crippen molar-refractivity contribution in [2.24, 2.45) is 5.92 Å². The second-order valence-corrected chi connectivity index (χ2v) is 10.1. The zero-order chi connectivity index (χ0) is 23.7. The summed E-state index contributed by atoms with van der Waals surface area (Å²) in [5.41, 5.74) is 2.29. The Morgan fingerprint density at radius 1 is 1.21 bits per heavy atom. The number of rotatable bonds is 7. The molecule has 0 spiro atoms. The number of benzene rings is 2. The topological polar surface area (TPSA) is 67.2 Å². The molecule has 0 aliphatic heterocycles. The van der Waals surface area contributed by atoms with Crippen molar-refractivity contribution in [1.82, 2.24) is 19.8 Å². The van der Waals surface area contributed by atoms with Gasteiger partial charge in [-0.2, -0.15) is 0 Å². The van der Waals surface area contributed by atoms with Gasteiger partial charge in [-0.1, -0.05) is 29.8 Å². The van der Waals surface area contributed by atoms with E-state index in [1.54, 1.807) is 12.1 Å². The van der Waals surface area contributed by atoms with Crippen molar-refractivity contribution in [3.05, 3.63) is 63.4 Å². The maximum absolute atomic E-state index is 13.6. The molecule has 6 nitrogen and oxygen atoms in total. The lowest BCUT2D eigenvalue weighted by atomic mass is 9.71. The van der Waals surface area contributed by atoms with Gasteiger partial charge in [0.05, 0.1) is 10.9 Å². The van der Waals surface area contributed by atoms with Crippen LogP contribution >= 0.6 is 11.6 Å². The van der Waals surface area contributed by atoms with Crippen molar-refractivity contribution >= 4 is 28.4 Å². The lowest BCUT2D eigenvalue weighted by molar-refractivity contribution is -0.122. The molecule has 3 aromatic rings. The molecule has 1 aromatic heterocycles. The fourth-order valence-electron chi connectivity index (χ4n) is 4.67. The molecule has 33 heavy (non-hydrogen) atoms. The van der Waals surface area contributed by atoms with Crippen molar-refractivity contribution < 1.29 is 4.79 Å². The van der Waals surface area contributed by atoms with Crippen LogP contribution in [-0.2, 0) is 11.3 Å². The highest BCUT2D eigenvalue weighted by Crippen LogP contribution is 2.42. The number of hydrogen-bond donors (Lipinski definition) is 1. The molecule has 7 heteroatoms. The largest absolute Gasteiger partial charge is 0.352 e. The number of amides is 1. The second-order valence-electron chi connectivity index (χ2n) is 9.63. The molecule has 4 rings (SSSR count). The maximum atomic E-state index is 13.6. The molecule has 1 aliphatic carbocycles. The summed E-state index contributed by atoms with van der Waals surface area (Å²) in [5.74, 6) is 1.37. The Morgan fingerprint density at radius 3 is 2.64 bits per heavy atom. The third-order valence-electron chi connectivity index (χ3n) is 6.14. The molecule has 0 saturated heterocycles. The first-order valence-electron chi connectivity index (χ1n) is 11.5. The number of nitrogens with zero attached hydrogens (tertiary/aromatic N) is 3. The average molecular weight is 467 g/mol. The number of carbonyl (C=O) groups excluding carboxylic acids is 1. The zero-order valence-corrected chi connectivity index (χ0v) is 20.4. The van der Waals surface area contributed by atoms with Crippen LogP contribution in [0.2, 0.25) is 5.02 Å². The van der Waals surface area contributed by atoms with E-state index < -0.39 is 0 Å². The Hall–Kier alpha value is -2.70. The predicted molar refractivity (Wildman–Crippen MR) is 134 cm³/mol. The molecule has 1 saturated carbocycles. The summed E-state index contributed by atoms with van der Waals surface area (Å²) in [6.45, 7) is 4.78. The molecule has 174 valence electrons. The van der Waals surface area contributed by atoms with Crippen LogP contribution in [-0.4, -0.2) is 47.0 Å². The summed E-state index contributed by atoms with van der Waals surface area (Å²) in [7, 11) is 4.20. The predicted octanol–water partition coefficient (Wildman–Crippen LogP) is 4.30. The van der Waals surface area contributed by atoms with Gasteiger partial charge in [0.25, 0.3) is 5.56 Å². The number of fused-ring (bicyclic) bond motifs is 1. The monoisotopic (exact) mass is 466 g/mol. The highest BCUT2D eigenvalue weighted by molar-refractivity contribution is 6.30. The lowest BCUT2D eigenvalue weighted by Crippen LogP contribution is -2.37. The Kier molecular flexibility index (Phi) is 6.86. The van der Waals surface area contributed by atoms with E-state index in [2.05, 4.69) is 30.4 Å². The minimum absolute atomic E-state index is 0.0171. The van der Waals surface area contributed by atoms with Gasteiger partial charge in [0, 0.05) is 23.2 Å². The van der Waals surface area contributed by atoms with E-state index in [4.69, 9.17) is 16.6 Å². The highest BCUT2D eigenvalue weighted by Gasteiger charge is 2.31. The van der Waals surface area contributed by atoms with Crippen LogP contribution in [0.3, 0.4) is 0 Å². The number of halogens is 1. The van der Waals surface area contributed by atoms with E-state index in [0.717, 1.165) is 19.4 Å². The Labute approximate surface area is 199 Å². The first-order valence-corrected chi connectivity index (χ1v) is 11.8. The fraction of sp³-hybridized carbons (Fsp3) is 0.423. The number of carbonyl (C=O) groups is 1. The molecule has 1 N–H and O–H groups in total. The van der Waals surface area contributed by atoms with Gasteiger partial charge in [-0.3, -0.25) is 14.2 Å². The summed E-state index contributed by atoms with van der Waals surface area (Å²) in [6, 6.07) is 13.2. The molecular weight excluding hydrogens is 436 g/mol. The molecule has 2 aromatic carbocycles. The molecule has 1 aliphatic rings. The average Bonchev–Trinajstić information content (AvgIpc) is 2.71. The zero-order valence-electron chi connectivity index (χ0n) is 19.6. The molecule has 1 amide bonds. The third kappa shape index (κ3) is 5.28. The molecule has 0 radical (unpaired) electrons. The van der Waals surface area contributed by atoms with Crippen LogP contribution in [0.25, 0.3) is 22.3 Å². The number of hydrogen-bond acceptors (Lipinski definition) is 4. The van der Waals surface area contributed by atoms with Crippen LogP contribution in [0.4, 0.5) is 0 Å². The van der Waals surface area contributed by atoms with Gasteiger partial charge < -0.3 is 10.2 Å². The Morgan fingerprint density at radius 2 is 1.97 bits per heavy atom. The normalized spacial score (nSPS) is 18.0. The highest BCUT2D eigenvalue weighted by atomic mass is 35.5. The van der Waals surface area contributed by atoms with E-state index >= 15 is 0 Å². The first kappa shape index (κ1) is 23.5. The van der Waals surface area contributed by atoms with Crippen LogP contribution in [0, 0.1) is 5.92 Å². The van der Waals surface area contributed by atoms with E-state index in [-0.39, 0.29) is 24.1 Å². The van der Waals surface area contributed by atoms with Gasteiger partial charge in [0.1, 0.15) is 12.4 Å². The Balaban J connectivity index is 1.75.